The van der Waals surface area contributed by atoms with E-state index in [4.69, 9.17) is 24.4 Å². The maximum absolute atomic E-state index is 8.66. The summed E-state index contributed by atoms with van der Waals surface area (Å²) in [6.07, 6.45) is 0.875. The van der Waals surface area contributed by atoms with E-state index in [9.17, 15) is 0 Å². The second-order valence-corrected chi connectivity index (χ2v) is 2.13. The van der Waals surface area contributed by atoms with Crippen LogP contribution in [0.5, 0.6) is 0 Å². The molecule has 0 aromatic carbocycles. The molecule has 9 heteroatoms. The van der Waals surface area contributed by atoms with Crippen molar-refractivity contribution in [3.05, 3.63) is 0 Å². The smallest absolute Gasteiger partial charge is 0.790 e. The predicted octanol–water partition coefficient (Wildman–Crippen LogP) is -1.60. The summed E-state index contributed by atoms with van der Waals surface area (Å²) in [7, 11) is -5.14. The van der Waals surface area contributed by atoms with E-state index in [0.29, 0.717) is 6.61 Å². The van der Waals surface area contributed by atoms with E-state index in [1.165, 1.54) is 0 Å². The van der Waals surface area contributed by atoms with Crippen LogP contribution < -0.4 is 15.9 Å². The Kier molecular flexibility index (Phi) is 44.7. The van der Waals surface area contributed by atoms with Crippen molar-refractivity contribution in [1.82, 2.24) is 6.15 Å². The minimum Gasteiger partial charge on any atom is -0.790 e. The Hall–Kier alpha value is 1.58. The largest absolute Gasteiger partial charge is 2.00 e. The molecule has 0 saturated carbocycles. The fourth-order valence-electron chi connectivity index (χ4n) is 0. The molecule has 5 N–H and O–H groups in total. The number of aliphatic hydroxyl groups excluding tert-OH is 1. The summed E-state index contributed by atoms with van der Waals surface area (Å²) in [4.78, 5) is 24.3. The fourth-order valence-corrected chi connectivity index (χ4v) is 0. The van der Waals surface area contributed by atoms with Crippen LogP contribution in [-0.2, 0) is 4.57 Å². The van der Waals surface area contributed by atoms with Crippen molar-refractivity contribution in [2.24, 2.45) is 0 Å². The first-order valence-electron chi connectivity index (χ1n) is 2.27. The zero-order valence-corrected chi connectivity index (χ0v) is 10.7. The summed E-state index contributed by atoms with van der Waals surface area (Å²) in [6.45, 7) is 2.25. The van der Waals surface area contributed by atoms with E-state index in [-0.39, 0.29) is 56.3 Å². The third-order valence-electron chi connectivity index (χ3n) is 0.224. The maximum atomic E-state index is 8.66. The Bertz CT molecular complexity index is 90.4. The molecule has 0 aliphatic heterocycles. The predicted molar refractivity (Wildman–Crippen MR) is 45.2 cm³/mol. The Balaban J connectivity index is -0.0000000221. The third kappa shape index (κ3) is 195. The molecule has 0 bridgehead atoms. The van der Waals surface area contributed by atoms with E-state index >= 15 is 0 Å². The van der Waals surface area contributed by atoms with E-state index < -0.39 is 7.82 Å². The van der Waals surface area contributed by atoms with Crippen molar-refractivity contribution in [2.45, 2.75) is 13.3 Å². The van der Waals surface area contributed by atoms with Gasteiger partial charge in [0.25, 0.3) is 0 Å². The van der Waals surface area contributed by atoms with Crippen molar-refractivity contribution < 1.29 is 24.4 Å². The first-order chi connectivity index (χ1) is 3.91. The summed E-state index contributed by atoms with van der Waals surface area (Å²) in [5.74, 6) is 0. The van der Waals surface area contributed by atoms with Crippen molar-refractivity contribution in [1.29, 1.82) is 0 Å². The molecule has 0 aromatic rings. The number of rotatable bonds is 1. The second-order valence-electron chi connectivity index (χ2n) is 1.19. The Morgan fingerprint density at radius 1 is 1.42 bits per heavy atom. The van der Waals surface area contributed by atoms with Crippen LogP contribution >= 0.6 is 20.2 Å². The minimum atomic E-state index is -5.14. The Labute approximate surface area is 108 Å². The van der Waals surface area contributed by atoms with Crippen LogP contribution in [0.25, 0.3) is 0 Å². The first-order valence-corrected chi connectivity index (χ1v) is 3.77. The topological polar surface area (TPSA) is 139 Å². The maximum Gasteiger partial charge on any atom is 2.00 e. The van der Waals surface area contributed by atoms with Gasteiger partial charge in [-0.3, -0.25) is 0 Å². The number of phosphoric acid groups is 1. The zero-order valence-electron chi connectivity index (χ0n) is 6.80. The minimum absolute atomic E-state index is 0. The van der Waals surface area contributed by atoms with Gasteiger partial charge in [0.2, 0.25) is 0 Å². The quantitative estimate of drug-likeness (QED) is 0.378. The van der Waals surface area contributed by atoms with Crippen LogP contribution in [0.3, 0.4) is 0 Å². The number of halogens is 1. The molecule has 74 valence electrons. The van der Waals surface area contributed by atoms with Gasteiger partial charge in [-0.2, -0.15) is 0 Å². The molecule has 0 unspecified atom stereocenters. The van der Waals surface area contributed by atoms with Gasteiger partial charge in [-0.15, -0.1) is 12.4 Å². The third-order valence-corrected chi connectivity index (χ3v) is 0.224. The van der Waals surface area contributed by atoms with Crippen LogP contribution in [0.4, 0.5) is 0 Å². The van der Waals surface area contributed by atoms with Crippen molar-refractivity contribution in [3.8, 4) is 0 Å². The molecule has 0 heterocycles. The van der Waals surface area contributed by atoms with Gasteiger partial charge >= 0.3 is 37.7 Å². The normalized spacial score (nSPS) is 7.42. The van der Waals surface area contributed by atoms with Crippen LogP contribution in [0, 0.1) is 0 Å². The molecule has 0 aliphatic rings. The number of aliphatic hydroxyl groups is 1. The van der Waals surface area contributed by atoms with Crippen molar-refractivity contribution in [2.75, 3.05) is 6.61 Å². The van der Waals surface area contributed by atoms with Gasteiger partial charge in [0.1, 0.15) is 0 Å². The van der Waals surface area contributed by atoms with Gasteiger partial charge in [0, 0.05) is 6.61 Å². The molecule has 0 spiro atoms. The van der Waals surface area contributed by atoms with Gasteiger partial charge in [-0.05, 0) is 6.42 Å². The SMILES string of the molecule is CCCO.Cl.N.O=P([O-])([O-])O.[Ca+2]. The molecule has 6 nitrogen and oxygen atoms in total. The molecule has 0 fully saturated rings. The molecular formula is C3H13CaClNO5P. The fraction of sp³-hybridized carbons (Fsp3) is 1.00. The number of hydrogen-bond donors (Lipinski definition) is 3. The van der Waals surface area contributed by atoms with Crippen LogP contribution in [0.1, 0.15) is 13.3 Å². The van der Waals surface area contributed by atoms with Gasteiger partial charge in [0.15, 0.2) is 0 Å². The summed E-state index contributed by atoms with van der Waals surface area (Å²) < 4.78 is 8.66. The Morgan fingerprint density at radius 2 is 1.50 bits per heavy atom. The van der Waals surface area contributed by atoms with E-state index in [1.807, 2.05) is 6.92 Å². The molecule has 12 heavy (non-hydrogen) atoms. The van der Waals surface area contributed by atoms with Crippen LogP contribution in [0.2, 0.25) is 0 Å². The monoisotopic (exact) mass is 249 g/mol. The first kappa shape index (κ1) is 29.2. The van der Waals surface area contributed by atoms with E-state index in [2.05, 4.69) is 0 Å². The Morgan fingerprint density at radius 3 is 1.50 bits per heavy atom. The van der Waals surface area contributed by atoms with E-state index in [1.54, 1.807) is 0 Å². The summed E-state index contributed by atoms with van der Waals surface area (Å²) in [5.41, 5.74) is 0. The van der Waals surface area contributed by atoms with Crippen LogP contribution in [-0.4, -0.2) is 54.3 Å². The summed E-state index contributed by atoms with van der Waals surface area (Å²) in [5, 5.41) is 7.88. The summed E-state index contributed by atoms with van der Waals surface area (Å²) in [6, 6.07) is 0. The van der Waals surface area contributed by atoms with Crippen molar-refractivity contribution in [3.63, 3.8) is 0 Å². The molecular weight excluding hydrogens is 237 g/mol. The van der Waals surface area contributed by atoms with Gasteiger partial charge in [-0.1, -0.05) is 6.92 Å². The summed E-state index contributed by atoms with van der Waals surface area (Å²) >= 11 is 0. The molecule has 0 rings (SSSR count). The van der Waals surface area contributed by atoms with E-state index in [0.717, 1.165) is 6.42 Å². The number of hydrogen-bond acceptors (Lipinski definition) is 5. The second kappa shape index (κ2) is 18.4. The molecule has 0 aliphatic carbocycles. The van der Waals surface area contributed by atoms with Gasteiger partial charge in [0.05, 0.1) is 7.82 Å². The zero-order chi connectivity index (χ0) is 7.91. The molecule has 0 saturated heterocycles. The van der Waals surface area contributed by atoms with Gasteiger partial charge < -0.3 is 30.5 Å². The standard InChI is InChI=1S/C3H8O.Ca.ClH.H3N.H3O4P/c1-2-3-4;;;;1-5(2,3)4/h4H,2-3H2,1H3;;1H;1H3;(H3,1,2,3,4)/q;+2;;;/p-2. The van der Waals surface area contributed by atoms with Gasteiger partial charge in [-0.25, -0.2) is 0 Å². The van der Waals surface area contributed by atoms with Crippen molar-refractivity contribution >= 4 is 58.0 Å². The molecule has 0 radical (unpaired) electrons. The average molecular weight is 250 g/mol. The molecule has 0 aromatic heterocycles. The average Bonchev–Trinajstić information content (AvgIpc) is 1.61. The molecule has 0 amide bonds. The van der Waals surface area contributed by atoms with Crippen LogP contribution in [0.15, 0.2) is 0 Å². The molecule has 0 atom stereocenters.